The fourth-order valence-electron chi connectivity index (χ4n) is 6.54. The molecule has 4 aromatic carbocycles. The van der Waals surface area contributed by atoms with Crippen molar-refractivity contribution in [1.82, 2.24) is 30.7 Å². The molecule has 0 aliphatic carbocycles. The van der Waals surface area contributed by atoms with Crippen LogP contribution in [0, 0.1) is 0 Å². The molecule has 0 saturated carbocycles. The van der Waals surface area contributed by atoms with Crippen LogP contribution in [-0.4, -0.2) is 53.0 Å². The van der Waals surface area contributed by atoms with E-state index in [4.69, 9.17) is 0 Å². The molecule has 54 heavy (non-hydrogen) atoms. The summed E-state index contributed by atoms with van der Waals surface area (Å²) in [5.41, 5.74) is 6.96. The SMILES string of the molecule is O=C1N[C@H]2CCCCNS(=O)NCCCC[C@H](NC(=O)c3ccc(cc3)Cc3ccc(cc3)CNC2=O)C(=O)NCc2ccc(cc2)Cc2ccc1cc2. The van der Waals surface area contributed by atoms with Gasteiger partial charge in [-0.15, -0.1) is 0 Å². The van der Waals surface area contributed by atoms with E-state index in [9.17, 15) is 23.4 Å². The highest BCUT2D eigenvalue weighted by molar-refractivity contribution is 7.81. The Morgan fingerprint density at radius 1 is 0.444 bits per heavy atom. The standard InChI is InChI=1S/C42H48N6O5S/c49-39-35-19-15-31(16-20-35)25-30-9-13-34(14-10-30)28-44-42(52)38-6-2-4-24-46-54(53)45-23-3-1-5-37(47-39)41(51)43-27-33-11-7-29(8-12-33)26-32-17-21-36(22-18-32)40(50)48-38/h7-22,37-38,45-46H,1-6,23-28H2,(H,43,51)(H,44,52)(H,47,49)(H,48,50)/t37-,38-/m0/s1. The van der Waals surface area contributed by atoms with Crippen LogP contribution in [-0.2, 0) is 46.7 Å². The van der Waals surface area contributed by atoms with Crippen LogP contribution in [0.2, 0.25) is 0 Å². The first-order chi connectivity index (χ1) is 26.3. The summed E-state index contributed by atoms with van der Waals surface area (Å²) in [6, 6.07) is 29.2. The van der Waals surface area contributed by atoms with Gasteiger partial charge in [-0.2, -0.15) is 0 Å². The molecule has 6 aliphatic rings. The van der Waals surface area contributed by atoms with Crippen molar-refractivity contribution in [2.24, 2.45) is 0 Å². The van der Waals surface area contributed by atoms with Gasteiger partial charge in [0.15, 0.2) is 11.2 Å². The third kappa shape index (κ3) is 11.4. The minimum atomic E-state index is -1.48. The van der Waals surface area contributed by atoms with Crippen molar-refractivity contribution < 1.29 is 23.4 Å². The average molecular weight is 749 g/mol. The lowest BCUT2D eigenvalue weighted by Gasteiger charge is -2.19. The minimum absolute atomic E-state index is 0.268. The Kier molecular flexibility index (Phi) is 13.7. The van der Waals surface area contributed by atoms with Gasteiger partial charge in [-0.25, -0.2) is 13.7 Å². The van der Waals surface area contributed by atoms with E-state index in [-0.39, 0.29) is 23.6 Å². The molecule has 0 aromatic heterocycles. The molecule has 0 fully saturated rings. The molecule has 0 spiro atoms. The molecule has 10 bridgehead atoms. The van der Waals surface area contributed by atoms with Crippen molar-refractivity contribution in [1.29, 1.82) is 0 Å². The van der Waals surface area contributed by atoms with Gasteiger partial charge in [0, 0.05) is 37.3 Å². The first kappa shape index (κ1) is 38.6. The topological polar surface area (TPSA) is 158 Å². The molecular weight excluding hydrogens is 701 g/mol. The molecular formula is C42H48N6O5S. The third-order valence-corrected chi connectivity index (χ3v) is 10.7. The van der Waals surface area contributed by atoms with Crippen molar-refractivity contribution in [3.8, 4) is 0 Å². The van der Waals surface area contributed by atoms with E-state index in [2.05, 4.69) is 30.7 Å². The van der Waals surface area contributed by atoms with Gasteiger partial charge in [-0.3, -0.25) is 19.2 Å². The van der Waals surface area contributed by atoms with E-state index >= 15 is 0 Å². The van der Waals surface area contributed by atoms with Crippen molar-refractivity contribution in [3.63, 3.8) is 0 Å². The summed E-state index contributed by atoms with van der Waals surface area (Å²) >= 11 is -1.48. The minimum Gasteiger partial charge on any atom is -0.350 e. The second-order valence-corrected chi connectivity index (χ2v) is 15.0. The van der Waals surface area contributed by atoms with Crippen molar-refractivity contribution in [2.45, 2.75) is 76.5 Å². The summed E-state index contributed by atoms with van der Waals surface area (Å²) in [4.78, 5) is 53.8. The van der Waals surface area contributed by atoms with Crippen LogP contribution in [0.25, 0.3) is 0 Å². The lowest BCUT2D eigenvalue weighted by Crippen LogP contribution is -2.46. The van der Waals surface area contributed by atoms with E-state index in [1.54, 1.807) is 24.3 Å². The Labute approximate surface area is 319 Å². The van der Waals surface area contributed by atoms with Gasteiger partial charge in [0.2, 0.25) is 11.8 Å². The maximum absolute atomic E-state index is 13.5. The van der Waals surface area contributed by atoms with Crippen LogP contribution in [0.4, 0.5) is 0 Å². The summed E-state index contributed by atoms with van der Waals surface area (Å²) in [5.74, 6) is -1.19. The Morgan fingerprint density at radius 3 is 1.15 bits per heavy atom. The van der Waals surface area contributed by atoms with Crippen molar-refractivity contribution >= 4 is 34.8 Å². The quantitative estimate of drug-likeness (QED) is 0.160. The van der Waals surface area contributed by atoms with Crippen LogP contribution in [0.1, 0.15) is 92.6 Å². The van der Waals surface area contributed by atoms with Crippen LogP contribution in [0.3, 0.4) is 0 Å². The summed E-state index contributed by atoms with van der Waals surface area (Å²) < 4.78 is 18.5. The zero-order chi connectivity index (χ0) is 37.7. The van der Waals surface area contributed by atoms with E-state index in [0.29, 0.717) is 88.7 Å². The number of amides is 4. The maximum Gasteiger partial charge on any atom is 0.251 e. The van der Waals surface area contributed by atoms with Crippen LogP contribution in [0.5, 0.6) is 0 Å². The first-order valence-electron chi connectivity index (χ1n) is 18.7. The molecule has 6 heterocycles. The second-order valence-electron chi connectivity index (χ2n) is 13.9. The molecule has 282 valence electrons. The summed E-state index contributed by atoms with van der Waals surface area (Å²) in [5, 5.41) is 11.9. The number of rotatable bonds is 0. The molecule has 6 aliphatic heterocycles. The van der Waals surface area contributed by atoms with Gasteiger partial charge in [-0.1, -0.05) is 72.8 Å². The largest absolute Gasteiger partial charge is 0.350 e. The summed E-state index contributed by atoms with van der Waals surface area (Å²) in [6.07, 6.45) is 4.65. The highest BCUT2D eigenvalue weighted by Crippen LogP contribution is 2.16. The Hall–Kier alpha value is -5.17. The number of carbonyl (C=O) groups is 4. The first-order valence-corrected chi connectivity index (χ1v) is 19.8. The molecule has 4 aromatic rings. The zero-order valence-electron chi connectivity index (χ0n) is 30.3. The number of nitrogens with one attached hydrogen (secondary N) is 6. The predicted octanol–water partition coefficient (Wildman–Crippen LogP) is 4.12. The number of fused-ring (bicyclic) bond motifs is 4. The average Bonchev–Trinajstić information content (AvgIpc) is 3.18. The van der Waals surface area contributed by atoms with Gasteiger partial charge in [-0.05, 0) is 109 Å². The molecule has 0 unspecified atom stereocenters. The summed E-state index contributed by atoms with van der Waals surface area (Å²) in [6.45, 7) is 1.51. The van der Waals surface area contributed by atoms with Crippen molar-refractivity contribution in [2.75, 3.05) is 13.1 Å². The fraction of sp³-hybridized carbons (Fsp3) is 0.333. The highest BCUT2D eigenvalue weighted by Gasteiger charge is 2.23. The Balaban J connectivity index is 1.29. The van der Waals surface area contributed by atoms with Crippen molar-refractivity contribution in [3.05, 3.63) is 142 Å². The number of hydrogen-bond acceptors (Lipinski definition) is 5. The predicted molar refractivity (Wildman–Crippen MR) is 209 cm³/mol. The van der Waals surface area contributed by atoms with Crippen LogP contribution >= 0.6 is 0 Å². The van der Waals surface area contributed by atoms with Crippen LogP contribution in [0.15, 0.2) is 97.1 Å². The smallest absolute Gasteiger partial charge is 0.251 e. The molecule has 2 atom stereocenters. The maximum atomic E-state index is 13.5. The lowest BCUT2D eigenvalue weighted by molar-refractivity contribution is -0.124. The molecule has 6 N–H and O–H groups in total. The lowest BCUT2D eigenvalue weighted by atomic mass is 10.0. The molecule has 10 rings (SSSR count). The second kappa shape index (κ2) is 19.2. The Bertz CT molecular complexity index is 1780. The van der Waals surface area contributed by atoms with Gasteiger partial charge in [0.25, 0.3) is 11.8 Å². The normalized spacial score (nSPS) is 21.3. The van der Waals surface area contributed by atoms with Gasteiger partial charge >= 0.3 is 0 Å². The van der Waals surface area contributed by atoms with E-state index in [1.807, 2.05) is 72.8 Å². The number of benzene rings is 4. The van der Waals surface area contributed by atoms with E-state index in [0.717, 1.165) is 33.4 Å². The third-order valence-electron chi connectivity index (χ3n) is 9.78. The molecule has 4 amide bonds. The van der Waals surface area contributed by atoms with Gasteiger partial charge < -0.3 is 21.3 Å². The fourth-order valence-corrected chi connectivity index (χ4v) is 7.30. The summed E-state index contributed by atoms with van der Waals surface area (Å²) in [7, 11) is 0. The Morgan fingerprint density at radius 2 is 0.778 bits per heavy atom. The van der Waals surface area contributed by atoms with Gasteiger partial charge in [0.1, 0.15) is 12.1 Å². The zero-order valence-corrected chi connectivity index (χ0v) is 31.1. The van der Waals surface area contributed by atoms with Gasteiger partial charge in [0.05, 0.1) is 0 Å². The molecule has 12 heteroatoms. The molecule has 11 nitrogen and oxygen atoms in total. The van der Waals surface area contributed by atoms with E-state index in [1.165, 1.54) is 0 Å². The van der Waals surface area contributed by atoms with Crippen LogP contribution < -0.4 is 30.7 Å². The highest BCUT2D eigenvalue weighted by atomic mass is 32.2. The molecule has 0 radical (unpaired) electrons. The molecule has 0 saturated heterocycles. The van der Waals surface area contributed by atoms with E-state index < -0.39 is 23.3 Å². The number of hydrogen-bond donors (Lipinski definition) is 6. The number of carbonyl (C=O) groups excluding carboxylic acids is 4. The monoisotopic (exact) mass is 748 g/mol.